The molecule has 1 aromatic heterocycles. The van der Waals surface area contributed by atoms with Crippen LogP contribution in [-0.2, 0) is 19.6 Å². The predicted octanol–water partition coefficient (Wildman–Crippen LogP) is 5.25. The molecule has 0 fully saturated rings. The molecule has 3 aromatic carbocycles. The summed E-state index contributed by atoms with van der Waals surface area (Å²) in [6.45, 7) is 2.84. The van der Waals surface area contributed by atoms with Gasteiger partial charge < -0.3 is 9.47 Å². The molecular formula is C26H21BrFN5O. The molecule has 0 aliphatic rings. The van der Waals surface area contributed by atoms with Crippen molar-refractivity contribution in [3.05, 3.63) is 117 Å². The lowest BCUT2D eigenvalue weighted by atomic mass is 10.1. The molecule has 0 N–H and O–H groups in total. The number of aromatic nitrogens is 3. The second kappa shape index (κ2) is 10.4. The fraction of sp³-hybridized carbons (Fsp3) is 0.154. The standard InChI is InChI=1S/C26H21BrFN5O/c1-18-11-24(28)10-9-22(18)15-32(26(34)21-3-2-4-23(27)12-21)16-25-31-30-17-33(25)14-20-7-5-19(13-29)6-8-20/h2-12,17H,14-16H2,1H3. The van der Waals surface area contributed by atoms with Crippen molar-refractivity contribution < 1.29 is 9.18 Å². The first kappa shape index (κ1) is 23.3. The molecular weight excluding hydrogens is 497 g/mol. The molecule has 0 unspecified atom stereocenters. The number of rotatable bonds is 7. The summed E-state index contributed by atoms with van der Waals surface area (Å²) in [5.74, 6) is 0.138. The van der Waals surface area contributed by atoms with Gasteiger partial charge in [0, 0.05) is 16.6 Å². The van der Waals surface area contributed by atoms with Gasteiger partial charge in [0.1, 0.15) is 12.1 Å². The van der Waals surface area contributed by atoms with E-state index in [-0.39, 0.29) is 18.3 Å². The first-order chi connectivity index (χ1) is 16.4. The highest BCUT2D eigenvalue weighted by atomic mass is 79.9. The van der Waals surface area contributed by atoms with Crippen molar-refractivity contribution in [2.75, 3.05) is 0 Å². The van der Waals surface area contributed by atoms with Gasteiger partial charge in [-0.25, -0.2) is 4.39 Å². The maximum atomic E-state index is 13.6. The van der Waals surface area contributed by atoms with Crippen molar-refractivity contribution in [1.82, 2.24) is 19.7 Å². The molecule has 6 nitrogen and oxygen atoms in total. The summed E-state index contributed by atoms with van der Waals surface area (Å²) in [6.07, 6.45) is 1.62. The highest BCUT2D eigenvalue weighted by molar-refractivity contribution is 9.10. The molecule has 34 heavy (non-hydrogen) atoms. The van der Waals surface area contributed by atoms with E-state index in [1.54, 1.807) is 41.6 Å². The maximum Gasteiger partial charge on any atom is 0.254 e. The van der Waals surface area contributed by atoms with Crippen molar-refractivity contribution in [3.8, 4) is 6.07 Å². The van der Waals surface area contributed by atoms with Gasteiger partial charge in [0.25, 0.3) is 5.91 Å². The van der Waals surface area contributed by atoms with Gasteiger partial charge in [0.2, 0.25) is 0 Å². The Bertz CT molecular complexity index is 1360. The van der Waals surface area contributed by atoms with E-state index < -0.39 is 0 Å². The van der Waals surface area contributed by atoms with Crippen molar-refractivity contribution in [2.24, 2.45) is 0 Å². The number of hydrogen-bond acceptors (Lipinski definition) is 4. The zero-order valence-electron chi connectivity index (χ0n) is 18.4. The molecule has 1 amide bonds. The predicted molar refractivity (Wildman–Crippen MR) is 129 cm³/mol. The van der Waals surface area contributed by atoms with Gasteiger partial charge in [-0.1, -0.05) is 40.2 Å². The summed E-state index contributed by atoms with van der Waals surface area (Å²) < 4.78 is 16.3. The fourth-order valence-corrected chi connectivity index (χ4v) is 4.03. The highest BCUT2D eigenvalue weighted by Gasteiger charge is 2.20. The summed E-state index contributed by atoms with van der Waals surface area (Å²) in [4.78, 5) is 15.2. The Balaban J connectivity index is 1.62. The Morgan fingerprint density at radius 3 is 2.62 bits per heavy atom. The van der Waals surface area contributed by atoms with Gasteiger partial charge in [-0.05, 0) is 66.1 Å². The van der Waals surface area contributed by atoms with E-state index in [1.165, 1.54) is 12.1 Å². The van der Waals surface area contributed by atoms with Crippen molar-refractivity contribution in [1.29, 1.82) is 5.26 Å². The van der Waals surface area contributed by atoms with Crippen LogP contribution in [0.5, 0.6) is 0 Å². The Morgan fingerprint density at radius 1 is 1.12 bits per heavy atom. The summed E-state index contributed by atoms with van der Waals surface area (Å²) in [5, 5.41) is 17.3. The van der Waals surface area contributed by atoms with Gasteiger partial charge in [-0.3, -0.25) is 4.79 Å². The highest BCUT2D eigenvalue weighted by Crippen LogP contribution is 2.19. The molecule has 0 aliphatic heterocycles. The van der Waals surface area contributed by atoms with E-state index in [0.717, 1.165) is 21.2 Å². The zero-order valence-corrected chi connectivity index (χ0v) is 20.0. The number of halogens is 2. The van der Waals surface area contributed by atoms with Gasteiger partial charge in [-0.2, -0.15) is 5.26 Å². The van der Waals surface area contributed by atoms with Crippen LogP contribution >= 0.6 is 15.9 Å². The number of amides is 1. The van der Waals surface area contributed by atoms with Crippen LogP contribution in [0, 0.1) is 24.1 Å². The first-order valence-electron chi connectivity index (χ1n) is 10.6. The summed E-state index contributed by atoms with van der Waals surface area (Å²) in [6, 6.07) is 21.2. The van der Waals surface area contributed by atoms with Crippen LogP contribution < -0.4 is 0 Å². The van der Waals surface area contributed by atoms with Crippen LogP contribution in [0.25, 0.3) is 0 Å². The summed E-state index contributed by atoms with van der Waals surface area (Å²) >= 11 is 3.43. The lowest BCUT2D eigenvalue weighted by Crippen LogP contribution is -2.31. The second-order valence-corrected chi connectivity index (χ2v) is 8.84. The minimum absolute atomic E-state index is 0.169. The van der Waals surface area contributed by atoms with E-state index in [9.17, 15) is 9.18 Å². The van der Waals surface area contributed by atoms with E-state index in [2.05, 4.69) is 32.2 Å². The third-order valence-corrected chi connectivity index (χ3v) is 5.98. The van der Waals surface area contributed by atoms with Crippen LogP contribution in [0.4, 0.5) is 4.39 Å². The SMILES string of the molecule is Cc1cc(F)ccc1CN(Cc1nncn1Cc1ccc(C#N)cc1)C(=O)c1cccc(Br)c1. The van der Waals surface area contributed by atoms with E-state index in [0.29, 0.717) is 30.0 Å². The average Bonchev–Trinajstić information content (AvgIpc) is 3.26. The van der Waals surface area contributed by atoms with Crippen LogP contribution in [0.2, 0.25) is 0 Å². The van der Waals surface area contributed by atoms with Gasteiger partial charge in [0.15, 0.2) is 5.82 Å². The van der Waals surface area contributed by atoms with Crippen molar-refractivity contribution >= 4 is 21.8 Å². The third-order valence-electron chi connectivity index (χ3n) is 5.49. The van der Waals surface area contributed by atoms with Gasteiger partial charge in [0.05, 0.1) is 24.7 Å². The number of hydrogen-bond donors (Lipinski definition) is 0. The minimum Gasteiger partial charge on any atom is -0.327 e. The molecule has 0 bridgehead atoms. The second-order valence-electron chi connectivity index (χ2n) is 7.93. The molecule has 0 radical (unpaired) electrons. The molecule has 4 rings (SSSR count). The average molecular weight is 518 g/mol. The number of carbonyl (C=O) groups is 1. The molecule has 0 spiro atoms. The van der Waals surface area contributed by atoms with Gasteiger partial charge >= 0.3 is 0 Å². The molecule has 170 valence electrons. The normalized spacial score (nSPS) is 10.6. The number of benzene rings is 3. The lowest BCUT2D eigenvalue weighted by molar-refractivity contribution is 0.0723. The number of nitriles is 1. The minimum atomic E-state index is -0.312. The summed E-state index contributed by atoms with van der Waals surface area (Å²) in [5.41, 5.74) is 3.73. The zero-order chi connectivity index (χ0) is 24.1. The smallest absolute Gasteiger partial charge is 0.254 e. The molecule has 8 heteroatoms. The Hall–Kier alpha value is -3.83. The van der Waals surface area contributed by atoms with Gasteiger partial charge in [-0.15, -0.1) is 10.2 Å². The first-order valence-corrected chi connectivity index (χ1v) is 11.4. The van der Waals surface area contributed by atoms with Crippen LogP contribution in [0.1, 0.15) is 38.4 Å². The maximum absolute atomic E-state index is 13.6. The van der Waals surface area contributed by atoms with Crippen molar-refractivity contribution in [2.45, 2.75) is 26.6 Å². The number of nitrogens with zero attached hydrogens (tertiary/aromatic N) is 5. The number of carbonyl (C=O) groups excluding carboxylic acids is 1. The molecule has 1 heterocycles. The Labute approximate surface area is 205 Å². The van der Waals surface area contributed by atoms with Crippen LogP contribution in [-0.4, -0.2) is 25.6 Å². The van der Waals surface area contributed by atoms with E-state index >= 15 is 0 Å². The third kappa shape index (κ3) is 5.56. The van der Waals surface area contributed by atoms with Crippen LogP contribution in [0.15, 0.2) is 77.5 Å². The van der Waals surface area contributed by atoms with Crippen LogP contribution in [0.3, 0.4) is 0 Å². The van der Waals surface area contributed by atoms with E-state index in [4.69, 9.17) is 5.26 Å². The molecule has 0 saturated carbocycles. The fourth-order valence-electron chi connectivity index (χ4n) is 3.63. The molecule has 0 atom stereocenters. The Morgan fingerprint density at radius 2 is 1.91 bits per heavy atom. The molecule has 0 saturated heterocycles. The molecule has 0 aliphatic carbocycles. The topological polar surface area (TPSA) is 74.8 Å². The Kier molecular flexibility index (Phi) is 7.14. The molecule has 4 aromatic rings. The quantitative estimate of drug-likeness (QED) is 0.335. The lowest BCUT2D eigenvalue weighted by Gasteiger charge is -2.24. The van der Waals surface area contributed by atoms with Crippen molar-refractivity contribution in [3.63, 3.8) is 0 Å². The monoisotopic (exact) mass is 517 g/mol. The summed E-state index contributed by atoms with van der Waals surface area (Å²) in [7, 11) is 0. The largest absolute Gasteiger partial charge is 0.327 e. The van der Waals surface area contributed by atoms with E-state index in [1.807, 2.05) is 35.8 Å². The number of aryl methyl sites for hydroxylation is 1.